The first kappa shape index (κ1) is 14.7. The topological polar surface area (TPSA) is 29.9 Å². The molecule has 2 rings (SSSR count). The molecular weight excluding hydrogens is 253 g/mol. The minimum absolute atomic E-state index is 0.197. The van der Waals surface area contributed by atoms with Crippen LogP contribution < -0.4 is 5.32 Å². The van der Waals surface area contributed by atoms with E-state index in [0.29, 0.717) is 11.6 Å². The second kappa shape index (κ2) is 5.75. The van der Waals surface area contributed by atoms with Crippen molar-refractivity contribution in [2.75, 3.05) is 0 Å². The predicted octanol–water partition coefficient (Wildman–Crippen LogP) is 3.34. The Hall–Kier alpha value is -1.68. The second-order valence-corrected chi connectivity index (χ2v) is 5.52. The SMILES string of the molecule is Cc1nn(C)c(C)c1-c1cc(CNC(C)C)ccc1F. The van der Waals surface area contributed by atoms with Gasteiger partial charge in [-0.25, -0.2) is 4.39 Å². The average Bonchev–Trinajstić information content (AvgIpc) is 2.63. The lowest BCUT2D eigenvalue weighted by atomic mass is 10.0. The molecule has 0 fully saturated rings. The van der Waals surface area contributed by atoms with Gasteiger partial charge in [-0.2, -0.15) is 5.10 Å². The minimum Gasteiger partial charge on any atom is -0.310 e. The molecule has 1 aromatic carbocycles. The van der Waals surface area contributed by atoms with Crippen LogP contribution in [0.25, 0.3) is 11.1 Å². The first-order chi connectivity index (χ1) is 9.40. The van der Waals surface area contributed by atoms with Crippen LogP contribution in [0.1, 0.15) is 30.8 Å². The van der Waals surface area contributed by atoms with Gasteiger partial charge in [0.05, 0.1) is 5.69 Å². The summed E-state index contributed by atoms with van der Waals surface area (Å²) in [5.41, 5.74) is 4.46. The van der Waals surface area contributed by atoms with Gasteiger partial charge >= 0.3 is 0 Å². The highest BCUT2D eigenvalue weighted by Gasteiger charge is 2.15. The molecule has 4 heteroatoms. The molecule has 0 unspecified atom stereocenters. The fourth-order valence-electron chi connectivity index (χ4n) is 2.36. The molecule has 3 nitrogen and oxygen atoms in total. The van der Waals surface area contributed by atoms with E-state index in [2.05, 4.69) is 24.3 Å². The molecule has 0 bridgehead atoms. The van der Waals surface area contributed by atoms with Crippen LogP contribution in [0, 0.1) is 19.7 Å². The zero-order chi connectivity index (χ0) is 14.9. The van der Waals surface area contributed by atoms with Crippen LogP contribution in [0.5, 0.6) is 0 Å². The van der Waals surface area contributed by atoms with Crippen molar-refractivity contribution in [3.63, 3.8) is 0 Å². The third kappa shape index (κ3) is 2.90. The van der Waals surface area contributed by atoms with E-state index in [0.717, 1.165) is 29.1 Å². The van der Waals surface area contributed by atoms with E-state index in [9.17, 15) is 4.39 Å². The molecule has 1 aromatic heterocycles. The number of aryl methyl sites for hydroxylation is 2. The fraction of sp³-hybridized carbons (Fsp3) is 0.438. The van der Waals surface area contributed by atoms with Gasteiger partial charge in [-0.3, -0.25) is 4.68 Å². The number of nitrogens with zero attached hydrogens (tertiary/aromatic N) is 2. The summed E-state index contributed by atoms with van der Waals surface area (Å²) in [5.74, 6) is -0.197. The molecular formula is C16H22FN3. The first-order valence-electron chi connectivity index (χ1n) is 6.92. The van der Waals surface area contributed by atoms with Crippen molar-refractivity contribution < 1.29 is 4.39 Å². The second-order valence-electron chi connectivity index (χ2n) is 5.52. The van der Waals surface area contributed by atoms with Crippen LogP contribution >= 0.6 is 0 Å². The summed E-state index contributed by atoms with van der Waals surface area (Å²) in [6.45, 7) is 8.82. The molecule has 0 saturated heterocycles. The van der Waals surface area contributed by atoms with E-state index < -0.39 is 0 Å². The molecule has 0 amide bonds. The zero-order valence-corrected chi connectivity index (χ0v) is 12.8. The Morgan fingerprint density at radius 3 is 2.55 bits per heavy atom. The Morgan fingerprint density at radius 1 is 1.30 bits per heavy atom. The summed E-state index contributed by atoms with van der Waals surface area (Å²) in [5, 5.41) is 7.72. The van der Waals surface area contributed by atoms with Gasteiger partial charge in [-0.1, -0.05) is 19.9 Å². The maximum absolute atomic E-state index is 14.2. The molecule has 0 radical (unpaired) electrons. The maximum Gasteiger partial charge on any atom is 0.131 e. The fourth-order valence-corrected chi connectivity index (χ4v) is 2.36. The number of benzene rings is 1. The zero-order valence-electron chi connectivity index (χ0n) is 12.8. The van der Waals surface area contributed by atoms with E-state index in [1.807, 2.05) is 33.0 Å². The van der Waals surface area contributed by atoms with Crippen LogP contribution in [-0.2, 0) is 13.6 Å². The van der Waals surface area contributed by atoms with Gasteiger partial charge in [0.25, 0.3) is 0 Å². The highest BCUT2D eigenvalue weighted by Crippen LogP contribution is 2.29. The monoisotopic (exact) mass is 275 g/mol. The minimum atomic E-state index is -0.197. The number of rotatable bonds is 4. The standard InChI is InChI=1S/C16H22FN3/c1-10(2)18-9-13-6-7-15(17)14(8-13)16-11(3)19-20(5)12(16)4/h6-8,10,18H,9H2,1-5H3. The molecule has 0 saturated carbocycles. The van der Waals surface area contributed by atoms with E-state index in [1.165, 1.54) is 0 Å². The lowest BCUT2D eigenvalue weighted by Crippen LogP contribution is -2.21. The predicted molar refractivity (Wildman–Crippen MR) is 80.1 cm³/mol. The average molecular weight is 275 g/mol. The largest absolute Gasteiger partial charge is 0.310 e. The molecule has 0 atom stereocenters. The van der Waals surface area contributed by atoms with Gasteiger partial charge in [0.15, 0.2) is 0 Å². The number of halogens is 1. The Labute approximate surface area is 119 Å². The number of aromatic nitrogens is 2. The summed E-state index contributed by atoms with van der Waals surface area (Å²) in [6.07, 6.45) is 0. The molecule has 108 valence electrons. The van der Waals surface area contributed by atoms with Crippen LogP contribution in [0.3, 0.4) is 0 Å². The van der Waals surface area contributed by atoms with Crippen LogP contribution in [0.2, 0.25) is 0 Å². The highest BCUT2D eigenvalue weighted by molar-refractivity contribution is 5.69. The van der Waals surface area contributed by atoms with Crippen LogP contribution in [-0.4, -0.2) is 15.8 Å². The molecule has 0 spiro atoms. The molecule has 0 aliphatic heterocycles. The summed E-state index contributed by atoms with van der Waals surface area (Å²) in [7, 11) is 1.88. The van der Waals surface area contributed by atoms with E-state index >= 15 is 0 Å². The third-order valence-electron chi connectivity index (χ3n) is 3.52. The Morgan fingerprint density at radius 2 is 2.00 bits per heavy atom. The van der Waals surface area contributed by atoms with Crippen LogP contribution in [0.15, 0.2) is 18.2 Å². The normalized spacial score (nSPS) is 11.3. The van der Waals surface area contributed by atoms with E-state index in [1.54, 1.807) is 10.7 Å². The Balaban J connectivity index is 2.42. The van der Waals surface area contributed by atoms with Gasteiger partial charge in [-0.15, -0.1) is 0 Å². The van der Waals surface area contributed by atoms with Crippen molar-refractivity contribution in [1.82, 2.24) is 15.1 Å². The van der Waals surface area contributed by atoms with Gasteiger partial charge in [0.1, 0.15) is 5.82 Å². The lowest BCUT2D eigenvalue weighted by Gasteiger charge is -2.11. The van der Waals surface area contributed by atoms with Crippen molar-refractivity contribution in [3.8, 4) is 11.1 Å². The third-order valence-corrected chi connectivity index (χ3v) is 3.52. The molecule has 1 heterocycles. The summed E-state index contributed by atoms with van der Waals surface area (Å²) in [4.78, 5) is 0. The number of hydrogen-bond donors (Lipinski definition) is 1. The van der Waals surface area contributed by atoms with Crippen molar-refractivity contribution >= 4 is 0 Å². The van der Waals surface area contributed by atoms with Gasteiger partial charge in [-0.05, 0) is 31.5 Å². The van der Waals surface area contributed by atoms with Crippen molar-refractivity contribution in [3.05, 3.63) is 41.0 Å². The maximum atomic E-state index is 14.2. The molecule has 0 aliphatic carbocycles. The highest BCUT2D eigenvalue weighted by atomic mass is 19.1. The smallest absolute Gasteiger partial charge is 0.131 e. The quantitative estimate of drug-likeness (QED) is 0.927. The number of hydrogen-bond acceptors (Lipinski definition) is 2. The van der Waals surface area contributed by atoms with Crippen molar-refractivity contribution in [2.24, 2.45) is 7.05 Å². The summed E-state index contributed by atoms with van der Waals surface area (Å²) >= 11 is 0. The van der Waals surface area contributed by atoms with Crippen molar-refractivity contribution in [1.29, 1.82) is 0 Å². The summed E-state index contributed by atoms with van der Waals surface area (Å²) in [6, 6.07) is 5.69. The summed E-state index contributed by atoms with van der Waals surface area (Å²) < 4.78 is 16.0. The van der Waals surface area contributed by atoms with E-state index in [4.69, 9.17) is 0 Å². The molecule has 20 heavy (non-hydrogen) atoms. The Bertz CT molecular complexity index is 614. The van der Waals surface area contributed by atoms with E-state index in [-0.39, 0.29) is 5.82 Å². The van der Waals surface area contributed by atoms with Gasteiger partial charge in [0, 0.05) is 36.5 Å². The Kier molecular flexibility index (Phi) is 4.23. The molecule has 2 aromatic rings. The molecule has 1 N–H and O–H groups in total. The van der Waals surface area contributed by atoms with Gasteiger partial charge in [0.2, 0.25) is 0 Å². The lowest BCUT2D eigenvalue weighted by molar-refractivity contribution is 0.586. The first-order valence-corrected chi connectivity index (χ1v) is 6.92. The van der Waals surface area contributed by atoms with Crippen LogP contribution in [0.4, 0.5) is 4.39 Å². The molecule has 0 aliphatic rings. The van der Waals surface area contributed by atoms with Gasteiger partial charge < -0.3 is 5.32 Å². The van der Waals surface area contributed by atoms with Crippen molar-refractivity contribution in [2.45, 2.75) is 40.3 Å². The number of nitrogens with one attached hydrogen (secondary N) is 1.